The molecule has 0 bridgehead atoms. The minimum Gasteiger partial charge on any atom is -0.410 e. The van der Waals surface area contributed by atoms with Gasteiger partial charge in [0, 0.05) is 32.0 Å². The fourth-order valence-corrected chi connectivity index (χ4v) is 5.10. The van der Waals surface area contributed by atoms with Crippen LogP contribution in [0.3, 0.4) is 0 Å². The van der Waals surface area contributed by atoms with E-state index in [1.165, 1.54) is 0 Å². The van der Waals surface area contributed by atoms with Gasteiger partial charge in [-0.25, -0.2) is 9.97 Å². The fraction of sp³-hybridized carbons (Fsp3) is 0.750. The number of carbonyl (C=O) groups excluding carboxylic acids is 1. The number of alkyl halides is 3. The third kappa shape index (κ3) is 5.03. The molecule has 31 heavy (non-hydrogen) atoms. The number of halogens is 3. The summed E-state index contributed by atoms with van der Waals surface area (Å²) >= 11 is 0. The van der Waals surface area contributed by atoms with Gasteiger partial charge in [-0.2, -0.15) is 13.2 Å². The molecule has 2 saturated heterocycles. The van der Waals surface area contributed by atoms with Crippen molar-refractivity contribution in [2.75, 3.05) is 24.5 Å². The molecular formula is C20H31F3N4O3Si. The quantitative estimate of drug-likeness (QED) is 0.696. The van der Waals surface area contributed by atoms with Crippen LogP contribution in [0.15, 0.2) is 12.4 Å². The van der Waals surface area contributed by atoms with Crippen LogP contribution in [-0.4, -0.2) is 72.1 Å². The van der Waals surface area contributed by atoms with Gasteiger partial charge in [-0.05, 0) is 31.0 Å². The van der Waals surface area contributed by atoms with Crippen LogP contribution in [0.4, 0.5) is 19.1 Å². The Kier molecular flexibility index (Phi) is 6.42. The van der Waals surface area contributed by atoms with E-state index in [4.69, 9.17) is 4.43 Å². The fourth-order valence-electron chi connectivity index (χ4n) is 3.76. The number of carbonyl (C=O) groups is 1. The topological polar surface area (TPSA) is 78.8 Å². The second-order valence-electron chi connectivity index (χ2n) is 9.82. The Balaban J connectivity index is 1.84. The van der Waals surface area contributed by atoms with E-state index in [-0.39, 0.29) is 29.0 Å². The SMILES string of the molecule is CC(C)(C)[Si](C)(C)O[C@H]1CN(c2ncc(C(F)(F)F)cn2)CC[C@@H]1N1CC[C@@H](O)C1=O. The van der Waals surface area contributed by atoms with Crippen LogP contribution in [0.5, 0.6) is 0 Å². The summed E-state index contributed by atoms with van der Waals surface area (Å²) in [6.07, 6.45) is -3.29. The molecule has 174 valence electrons. The van der Waals surface area contributed by atoms with Gasteiger partial charge in [0.25, 0.3) is 5.91 Å². The van der Waals surface area contributed by atoms with Crippen LogP contribution < -0.4 is 4.90 Å². The highest BCUT2D eigenvalue weighted by atomic mass is 28.4. The highest BCUT2D eigenvalue weighted by Gasteiger charge is 2.46. The lowest BCUT2D eigenvalue weighted by atomic mass is 10.0. The van der Waals surface area contributed by atoms with Crippen LogP contribution in [0.1, 0.15) is 39.2 Å². The first-order valence-corrected chi connectivity index (χ1v) is 13.4. The van der Waals surface area contributed by atoms with Crippen molar-refractivity contribution in [3.05, 3.63) is 18.0 Å². The van der Waals surface area contributed by atoms with Crippen molar-refractivity contribution >= 4 is 20.2 Å². The molecule has 3 heterocycles. The van der Waals surface area contributed by atoms with E-state index in [1.807, 2.05) is 4.90 Å². The van der Waals surface area contributed by atoms with Gasteiger partial charge >= 0.3 is 6.18 Å². The molecule has 1 aromatic heterocycles. The number of aromatic nitrogens is 2. The lowest BCUT2D eigenvalue weighted by Gasteiger charge is -2.47. The molecule has 0 spiro atoms. The van der Waals surface area contributed by atoms with Crippen LogP contribution in [0.25, 0.3) is 0 Å². The molecular weight excluding hydrogens is 429 g/mol. The van der Waals surface area contributed by atoms with Crippen molar-refractivity contribution in [2.24, 2.45) is 0 Å². The number of hydrogen-bond donors (Lipinski definition) is 1. The molecule has 7 nitrogen and oxygen atoms in total. The maximum atomic E-state index is 12.8. The van der Waals surface area contributed by atoms with Crippen molar-refractivity contribution in [1.29, 1.82) is 0 Å². The number of likely N-dealkylation sites (tertiary alicyclic amines) is 1. The molecule has 0 saturated carbocycles. The molecule has 2 fully saturated rings. The van der Waals surface area contributed by atoms with Crippen LogP contribution in [0, 0.1) is 0 Å². The Labute approximate surface area is 181 Å². The summed E-state index contributed by atoms with van der Waals surface area (Å²) in [7, 11) is -2.21. The van der Waals surface area contributed by atoms with E-state index in [9.17, 15) is 23.1 Å². The zero-order valence-corrected chi connectivity index (χ0v) is 19.6. The van der Waals surface area contributed by atoms with Gasteiger partial charge in [0.1, 0.15) is 6.10 Å². The zero-order valence-electron chi connectivity index (χ0n) is 18.6. The number of anilines is 1. The smallest absolute Gasteiger partial charge is 0.410 e. The van der Waals surface area contributed by atoms with Crippen molar-refractivity contribution in [3.8, 4) is 0 Å². The van der Waals surface area contributed by atoms with Crippen molar-refractivity contribution in [2.45, 2.75) is 76.2 Å². The Hall–Kier alpha value is -1.72. The van der Waals surface area contributed by atoms with Crippen LogP contribution in [0.2, 0.25) is 18.1 Å². The van der Waals surface area contributed by atoms with E-state index >= 15 is 0 Å². The average molecular weight is 461 g/mol. The van der Waals surface area contributed by atoms with E-state index in [0.717, 1.165) is 12.4 Å². The minimum atomic E-state index is -4.49. The second-order valence-corrected chi connectivity index (χ2v) is 14.6. The molecule has 1 N–H and O–H groups in total. The highest BCUT2D eigenvalue weighted by molar-refractivity contribution is 6.74. The number of amides is 1. The molecule has 3 atom stereocenters. The maximum absolute atomic E-state index is 12.8. The van der Waals surface area contributed by atoms with Gasteiger partial charge in [0.05, 0.1) is 17.7 Å². The Morgan fingerprint density at radius 2 is 1.74 bits per heavy atom. The minimum absolute atomic E-state index is 0.0563. The Bertz CT molecular complexity index is 798. The molecule has 11 heteroatoms. The molecule has 0 aromatic carbocycles. The summed E-state index contributed by atoms with van der Waals surface area (Å²) in [5.74, 6) is -0.0730. The summed E-state index contributed by atoms with van der Waals surface area (Å²) in [6, 6.07) is -0.204. The molecule has 3 rings (SSSR count). The summed E-state index contributed by atoms with van der Waals surface area (Å²) in [4.78, 5) is 23.9. The van der Waals surface area contributed by atoms with E-state index in [0.29, 0.717) is 32.5 Å². The Morgan fingerprint density at radius 1 is 1.13 bits per heavy atom. The zero-order chi connectivity index (χ0) is 23.2. The van der Waals surface area contributed by atoms with Crippen molar-refractivity contribution < 1.29 is 27.5 Å². The molecule has 2 aliphatic rings. The number of rotatable bonds is 4. The molecule has 0 aliphatic carbocycles. The Morgan fingerprint density at radius 3 is 2.23 bits per heavy atom. The second kappa shape index (κ2) is 8.32. The predicted molar refractivity (Wildman–Crippen MR) is 112 cm³/mol. The van der Waals surface area contributed by atoms with E-state index in [1.54, 1.807) is 4.90 Å². The van der Waals surface area contributed by atoms with Gasteiger partial charge in [0.2, 0.25) is 5.95 Å². The van der Waals surface area contributed by atoms with Gasteiger partial charge in [-0.15, -0.1) is 0 Å². The average Bonchev–Trinajstić information content (AvgIpc) is 2.99. The van der Waals surface area contributed by atoms with E-state index < -0.39 is 26.2 Å². The molecule has 0 radical (unpaired) electrons. The van der Waals surface area contributed by atoms with Crippen molar-refractivity contribution in [3.63, 3.8) is 0 Å². The number of piperidine rings is 1. The molecule has 2 aliphatic heterocycles. The monoisotopic (exact) mass is 460 g/mol. The van der Waals surface area contributed by atoms with E-state index in [2.05, 4.69) is 43.8 Å². The first-order chi connectivity index (χ1) is 14.2. The third-order valence-electron chi connectivity index (χ3n) is 6.64. The van der Waals surface area contributed by atoms with Gasteiger partial charge in [-0.3, -0.25) is 4.79 Å². The third-order valence-corrected chi connectivity index (χ3v) is 11.1. The summed E-state index contributed by atoms with van der Waals surface area (Å²) in [6.45, 7) is 11.9. The predicted octanol–water partition coefficient (Wildman–Crippen LogP) is 3.06. The molecule has 0 unspecified atom stereocenters. The van der Waals surface area contributed by atoms with Gasteiger partial charge in [-0.1, -0.05) is 20.8 Å². The molecule has 1 aromatic rings. The summed E-state index contributed by atoms with van der Waals surface area (Å²) in [5, 5.41) is 9.87. The largest absolute Gasteiger partial charge is 0.419 e. The highest BCUT2D eigenvalue weighted by Crippen LogP contribution is 2.39. The first-order valence-electron chi connectivity index (χ1n) is 10.5. The van der Waals surface area contributed by atoms with Crippen LogP contribution in [-0.2, 0) is 15.4 Å². The maximum Gasteiger partial charge on any atom is 0.419 e. The lowest BCUT2D eigenvalue weighted by Crippen LogP contribution is -2.60. The normalized spacial score (nSPS) is 26.0. The first kappa shape index (κ1) is 23.9. The molecule has 1 amide bonds. The number of aliphatic hydroxyl groups is 1. The van der Waals surface area contributed by atoms with Crippen molar-refractivity contribution in [1.82, 2.24) is 14.9 Å². The van der Waals surface area contributed by atoms with Crippen LogP contribution >= 0.6 is 0 Å². The number of hydrogen-bond acceptors (Lipinski definition) is 6. The lowest BCUT2D eigenvalue weighted by molar-refractivity contribution is -0.139. The van der Waals surface area contributed by atoms with Gasteiger partial charge < -0.3 is 19.3 Å². The summed E-state index contributed by atoms with van der Waals surface area (Å²) < 4.78 is 45.2. The van der Waals surface area contributed by atoms with Gasteiger partial charge in [0.15, 0.2) is 8.32 Å². The standard InChI is InChI=1S/C20H31F3N4O3Si/c1-19(2,3)31(4,5)30-16-12-26(18-24-10-13(11-25-18)20(21,22)23)8-6-14(16)27-9-7-15(28)17(27)29/h10-11,14-16,28H,6-9,12H2,1-5H3/t14-,15+,16-/m0/s1. The number of aliphatic hydroxyl groups excluding tert-OH is 1. The summed E-state index contributed by atoms with van der Waals surface area (Å²) in [5.41, 5.74) is -0.892. The number of nitrogens with zero attached hydrogens (tertiary/aromatic N) is 4.